The molecule has 0 unspecified atom stereocenters. The van der Waals surface area contributed by atoms with Gasteiger partial charge in [0.1, 0.15) is 13.1 Å². The van der Waals surface area contributed by atoms with Crippen LogP contribution in [0.3, 0.4) is 0 Å². The van der Waals surface area contributed by atoms with Crippen molar-refractivity contribution in [3.63, 3.8) is 0 Å². The molecule has 0 aromatic rings. The van der Waals surface area contributed by atoms with Gasteiger partial charge in [-0.2, -0.15) is 0 Å². The molecule has 0 saturated carbocycles. The van der Waals surface area contributed by atoms with Crippen molar-refractivity contribution in [2.24, 2.45) is 0 Å². The lowest BCUT2D eigenvalue weighted by molar-refractivity contribution is -0.917. The number of hydrogen-bond acceptors (Lipinski definition) is 0. The summed E-state index contributed by atoms with van der Waals surface area (Å²) in [6.45, 7) is 6.48. The molecule has 0 N–H and O–H groups in total. The molecule has 0 amide bonds. The molecule has 0 spiro atoms. The van der Waals surface area contributed by atoms with Gasteiger partial charge in [-0.25, -0.2) is 0 Å². The minimum absolute atomic E-state index is 0. The molecule has 0 atom stereocenters. The quantitative estimate of drug-likeness (QED) is 0.205. The topological polar surface area (TPSA) is 0 Å². The van der Waals surface area contributed by atoms with Gasteiger partial charge in [0.25, 0.3) is 0 Å². The monoisotopic (exact) mass is 511 g/mol. The van der Waals surface area contributed by atoms with Crippen molar-refractivity contribution in [2.45, 2.75) is 20.3 Å². The highest BCUT2D eigenvalue weighted by Crippen LogP contribution is 2.08. The molecule has 4 nitrogen and oxygen atoms in total. The van der Waals surface area contributed by atoms with Crippen molar-refractivity contribution in [2.75, 3.05) is 110 Å². The van der Waals surface area contributed by atoms with Gasteiger partial charge in [0.2, 0.25) is 0 Å². The van der Waals surface area contributed by atoms with E-state index in [9.17, 15) is 0 Å². The molecule has 168 valence electrons. The Kier molecular flexibility index (Phi) is 19.5. The maximum absolute atomic E-state index is 5.56. The van der Waals surface area contributed by atoms with Crippen LogP contribution in [0.25, 0.3) is 0 Å². The fourth-order valence-electron chi connectivity index (χ4n) is 2.62. The van der Waals surface area contributed by atoms with Gasteiger partial charge in [0.05, 0.1) is 96.7 Å². The zero-order valence-electron chi connectivity index (χ0n) is 20.0. The number of nitrogens with zero attached hydrogens (tertiary/aromatic N) is 4. The second-order valence-electron chi connectivity index (χ2n) is 10.8. The molecular weight excluding hydrogens is 459 g/mol. The van der Waals surface area contributed by atoms with Gasteiger partial charge in [0, 0.05) is 12.8 Å². The second-order valence-corrected chi connectivity index (χ2v) is 10.8. The lowest BCUT2D eigenvalue weighted by Gasteiger charge is -2.35. The van der Waals surface area contributed by atoms with E-state index in [1.807, 2.05) is 0 Å². The molecule has 0 aliphatic carbocycles. The number of halogens is 1. The number of terminal acetylenes is 2. The summed E-state index contributed by atoms with van der Waals surface area (Å²) in [4.78, 5) is 0. The normalized spacial score (nSPS) is 11.7. The molecule has 0 aromatic heterocycles. The van der Waals surface area contributed by atoms with Crippen molar-refractivity contribution in [1.29, 1.82) is 0 Å². The Morgan fingerprint density at radius 3 is 1.04 bits per heavy atom. The smallest absolute Gasteiger partial charge is 0.140 e. The molecule has 5 heteroatoms. The molecule has 0 radical (unpaired) electrons. The first kappa shape index (κ1) is 35.1. The third-order valence-corrected chi connectivity index (χ3v) is 4.09. The van der Waals surface area contributed by atoms with Crippen LogP contribution in [0.1, 0.15) is 20.3 Å². The highest BCUT2D eigenvalue weighted by molar-refractivity contribution is 4.83. The van der Waals surface area contributed by atoms with E-state index < -0.39 is 0 Å². The Labute approximate surface area is 196 Å². The van der Waals surface area contributed by atoms with Crippen LogP contribution in [-0.4, -0.2) is 128 Å². The predicted octanol–water partition coefficient (Wildman–Crippen LogP) is -0.775. The van der Waals surface area contributed by atoms with Gasteiger partial charge in [-0.05, 0) is 11.8 Å². The van der Waals surface area contributed by atoms with Gasteiger partial charge in [-0.15, -0.1) is 12.8 Å². The Morgan fingerprint density at radius 1 is 0.536 bits per heavy atom. The Bertz CT molecular complexity index is 433. The summed E-state index contributed by atoms with van der Waals surface area (Å²) in [5.74, 6) is 5.45. The minimum atomic E-state index is 0. The Hall–Kier alpha value is -0.310. The number of rotatable bonds is 10. The van der Waals surface area contributed by atoms with Crippen molar-refractivity contribution in [3.05, 3.63) is 0 Å². The van der Waals surface area contributed by atoms with E-state index in [1.54, 1.807) is 0 Å². The predicted molar refractivity (Wildman–Crippen MR) is 123 cm³/mol. The number of quaternary nitrogens is 4. The molecule has 0 rings (SSSR count). The molecule has 0 saturated heterocycles. The van der Waals surface area contributed by atoms with Crippen LogP contribution < -0.4 is 24.0 Å². The minimum Gasteiger partial charge on any atom is -1.00 e. The van der Waals surface area contributed by atoms with Crippen LogP contribution in [-0.2, 0) is 0 Å². The molecular formula is C23H52IN4+3. The highest BCUT2D eigenvalue weighted by Gasteiger charge is 2.22. The van der Waals surface area contributed by atoms with Crippen LogP contribution in [0.5, 0.6) is 0 Å². The van der Waals surface area contributed by atoms with Gasteiger partial charge >= 0.3 is 0 Å². The Balaban J connectivity index is -0.000000274. The van der Waals surface area contributed by atoms with Gasteiger partial charge in [-0.1, -0.05) is 7.43 Å². The summed E-state index contributed by atoms with van der Waals surface area (Å²) in [5, 5.41) is 0. The first-order chi connectivity index (χ1) is 11.5. The average molecular weight is 512 g/mol. The number of hydrogen-bond donors (Lipinski definition) is 0. The van der Waals surface area contributed by atoms with E-state index in [2.05, 4.69) is 82.3 Å². The second kappa shape index (κ2) is 15.5. The van der Waals surface area contributed by atoms with Crippen molar-refractivity contribution < 1.29 is 41.9 Å². The molecule has 0 bridgehead atoms. The summed E-state index contributed by atoms with van der Waals surface area (Å²) < 4.78 is 3.96. The fraction of sp³-hybridized carbons (Fsp3) is 0.826. The molecule has 0 aliphatic heterocycles. The van der Waals surface area contributed by atoms with Crippen LogP contribution in [0, 0.1) is 24.7 Å². The van der Waals surface area contributed by atoms with Crippen LogP contribution >= 0.6 is 0 Å². The van der Waals surface area contributed by atoms with Crippen molar-refractivity contribution in [1.82, 2.24) is 0 Å². The maximum Gasteiger partial charge on any atom is 0.140 e. The highest BCUT2D eigenvalue weighted by atomic mass is 127. The zero-order valence-corrected chi connectivity index (χ0v) is 22.1. The lowest BCUT2D eigenvalue weighted by Crippen LogP contribution is -3.00. The van der Waals surface area contributed by atoms with E-state index in [1.165, 1.54) is 39.0 Å². The van der Waals surface area contributed by atoms with E-state index in [0.717, 1.165) is 31.0 Å². The van der Waals surface area contributed by atoms with Crippen LogP contribution in [0.4, 0.5) is 0 Å². The molecule has 0 fully saturated rings. The Morgan fingerprint density at radius 2 is 0.857 bits per heavy atom. The summed E-state index contributed by atoms with van der Waals surface area (Å²) in [5.41, 5.74) is 0. The summed E-state index contributed by atoms with van der Waals surface area (Å²) in [6, 6.07) is 0. The third-order valence-electron chi connectivity index (χ3n) is 4.09. The molecule has 0 heterocycles. The first-order valence-corrected chi connectivity index (χ1v) is 9.65. The fourth-order valence-corrected chi connectivity index (χ4v) is 2.62. The standard InChI is InChI=1S/C16H36N3.C6H12N.CH4.HI/c1-9-12-19(8,15-10-13-17(2,3)4)16-11-14-18(5,6)7;1-5-6-7(2,3)4;;/h1H,10-16H2,2-8H3;1H,6H2,2-4H3;1H4;1H/q+3;+1;;/p-1. The molecule has 0 aromatic carbocycles. The molecule has 28 heavy (non-hydrogen) atoms. The van der Waals surface area contributed by atoms with E-state index in [0.29, 0.717) is 0 Å². The van der Waals surface area contributed by atoms with E-state index >= 15 is 0 Å². The lowest BCUT2D eigenvalue weighted by atomic mass is 10.2. The van der Waals surface area contributed by atoms with Gasteiger partial charge in [0.15, 0.2) is 0 Å². The summed E-state index contributed by atoms with van der Waals surface area (Å²) in [7, 11) is 22.0. The van der Waals surface area contributed by atoms with Crippen LogP contribution in [0.2, 0.25) is 0 Å². The third kappa shape index (κ3) is 27.9. The van der Waals surface area contributed by atoms with E-state index in [-0.39, 0.29) is 31.4 Å². The van der Waals surface area contributed by atoms with Crippen molar-refractivity contribution in [3.8, 4) is 24.7 Å². The average Bonchev–Trinajstić information content (AvgIpc) is 2.34. The maximum atomic E-state index is 5.56. The summed E-state index contributed by atoms with van der Waals surface area (Å²) >= 11 is 0. The van der Waals surface area contributed by atoms with Crippen LogP contribution in [0.15, 0.2) is 0 Å². The SMILES string of the molecule is C.C#CC[N+](C)(C)C.C#CC[N+](C)(CCC[N+](C)(C)C)CCC[N+](C)(C)C.[I-]. The first-order valence-electron chi connectivity index (χ1n) is 9.65. The summed E-state index contributed by atoms with van der Waals surface area (Å²) in [6.07, 6.45) is 13.1. The van der Waals surface area contributed by atoms with E-state index in [4.69, 9.17) is 12.8 Å². The zero-order chi connectivity index (χ0) is 21.1. The largest absolute Gasteiger partial charge is 1.00 e. The van der Waals surface area contributed by atoms with Gasteiger partial charge in [-0.3, -0.25) is 0 Å². The van der Waals surface area contributed by atoms with Crippen molar-refractivity contribution >= 4 is 0 Å². The molecule has 0 aliphatic rings. The van der Waals surface area contributed by atoms with Gasteiger partial charge < -0.3 is 41.9 Å².